The third kappa shape index (κ3) is 3.17. The second kappa shape index (κ2) is 6.11. The highest BCUT2D eigenvalue weighted by molar-refractivity contribution is 8.00. The molecular formula is C11H16N2OS3. The Bertz CT molecular complexity index is 388. The van der Waals surface area contributed by atoms with Gasteiger partial charge in [0, 0.05) is 18.5 Å². The van der Waals surface area contributed by atoms with Crippen LogP contribution in [0.5, 0.6) is 0 Å². The van der Waals surface area contributed by atoms with E-state index < -0.39 is 0 Å². The first-order valence-corrected chi connectivity index (χ1v) is 8.82. The lowest BCUT2D eigenvalue weighted by molar-refractivity contribution is 0.0718. The van der Waals surface area contributed by atoms with Gasteiger partial charge in [-0.3, -0.25) is 4.79 Å². The molecule has 2 heterocycles. The van der Waals surface area contributed by atoms with Gasteiger partial charge in [-0.05, 0) is 30.6 Å². The molecule has 0 unspecified atom stereocenters. The quantitative estimate of drug-likeness (QED) is 0.801. The molecule has 0 aromatic carbocycles. The van der Waals surface area contributed by atoms with Gasteiger partial charge in [-0.2, -0.15) is 11.8 Å². The molecule has 0 saturated carbocycles. The Hall–Kier alpha value is -0.200. The minimum Gasteiger partial charge on any atom is -0.337 e. The van der Waals surface area contributed by atoms with Crippen molar-refractivity contribution < 1.29 is 4.79 Å². The van der Waals surface area contributed by atoms with E-state index in [1.807, 2.05) is 35.3 Å². The second-order valence-electron chi connectivity index (χ2n) is 3.96. The van der Waals surface area contributed by atoms with Crippen LogP contribution in [-0.2, 0) is 0 Å². The molecule has 0 radical (unpaired) electrons. The summed E-state index contributed by atoms with van der Waals surface area (Å²) in [6, 6.07) is 0.392. The first kappa shape index (κ1) is 13.2. The number of carbonyl (C=O) groups excluding carboxylic acids is 1. The van der Waals surface area contributed by atoms with Gasteiger partial charge in [0.15, 0.2) is 0 Å². The number of aromatic nitrogens is 1. The fraction of sp³-hybridized carbons (Fsp3) is 0.636. The summed E-state index contributed by atoms with van der Waals surface area (Å²) >= 11 is 5.11. The van der Waals surface area contributed by atoms with Crippen molar-refractivity contribution in [2.24, 2.45) is 0 Å². The Morgan fingerprint density at radius 1 is 1.53 bits per heavy atom. The van der Waals surface area contributed by atoms with Crippen molar-refractivity contribution in [2.45, 2.75) is 23.2 Å². The number of carbonyl (C=O) groups is 1. The number of amides is 1. The van der Waals surface area contributed by atoms with Crippen LogP contribution in [-0.4, -0.2) is 46.6 Å². The van der Waals surface area contributed by atoms with E-state index in [0.29, 0.717) is 11.7 Å². The SMILES string of the molecule is CSc1nc(C(=O)N(C)C2CCSCC2)cs1. The summed E-state index contributed by atoms with van der Waals surface area (Å²) in [7, 11) is 1.90. The van der Waals surface area contributed by atoms with Crippen LogP contribution in [0.25, 0.3) is 0 Å². The van der Waals surface area contributed by atoms with Gasteiger partial charge in [0.25, 0.3) is 5.91 Å². The summed E-state index contributed by atoms with van der Waals surface area (Å²) < 4.78 is 0.959. The fourth-order valence-electron chi connectivity index (χ4n) is 1.87. The highest BCUT2D eigenvalue weighted by Crippen LogP contribution is 2.24. The molecule has 0 spiro atoms. The molecule has 1 aliphatic rings. The van der Waals surface area contributed by atoms with Crippen LogP contribution in [0, 0.1) is 0 Å². The molecule has 3 nitrogen and oxygen atoms in total. The van der Waals surface area contributed by atoms with E-state index in [2.05, 4.69) is 4.98 Å². The van der Waals surface area contributed by atoms with E-state index in [9.17, 15) is 4.79 Å². The molecule has 2 rings (SSSR count). The van der Waals surface area contributed by atoms with Gasteiger partial charge in [0.2, 0.25) is 0 Å². The number of rotatable bonds is 3. The molecule has 1 saturated heterocycles. The molecule has 0 atom stereocenters. The Labute approximate surface area is 114 Å². The molecule has 17 heavy (non-hydrogen) atoms. The van der Waals surface area contributed by atoms with Gasteiger partial charge in [-0.25, -0.2) is 4.98 Å². The van der Waals surface area contributed by atoms with Crippen molar-refractivity contribution >= 4 is 40.8 Å². The molecule has 0 N–H and O–H groups in total. The van der Waals surface area contributed by atoms with E-state index in [-0.39, 0.29) is 5.91 Å². The van der Waals surface area contributed by atoms with Crippen LogP contribution >= 0.6 is 34.9 Å². The lowest BCUT2D eigenvalue weighted by Crippen LogP contribution is -2.39. The molecule has 94 valence electrons. The second-order valence-corrected chi connectivity index (χ2v) is 7.10. The predicted octanol–water partition coefficient (Wildman–Crippen LogP) is 2.83. The van der Waals surface area contributed by atoms with Crippen LogP contribution in [0.4, 0.5) is 0 Å². The average Bonchev–Trinajstić information content (AvgIpc) is 2.87. The van der Waals surface area contributed by atoms with Crippen LogP contribution in [0.15, 0.2) is 9.72 Å². The highest BCUT2D eigenvalue weighted by atomic mass is 32.2. The monoisotopic (exact) mass is 288 g/mol. The molecule has 1 fully saturated rings. The number of thioether (sulfide) groups is 2. The third-order valence-corrected chi connectivity index (χ3v) is 5.85. The number of hydrogen-bond acceptors (Lipinski definition) is 5. The van der Waals surface area contributed by atoms with E-state index in [1.165, 1.54) is 0 Å². The molecule has 0 aliphatic carbocycles. The van der Waals surface area contributed by atoms with Crippen molar-refractivity contribution in [1.29, 1.82) is 0 Å². The molecular weight excluding hydrogens is 272 g/mol. The maximum absolute atomic E-state index is 12.2. The summed E-state index contributed by atoms with van der Waals surface area (Å²) in [5.74, 6) is 2.39. The van der Waals surface area contributed by atoms with Gasteiger partial charge in [-0.15, -0.1) is 11.3 Å². The smallest absolute Gasteiger partial charge is 0.273 e. The van der Waals surface area contributed by atoms with Gasteiger partial charge in [0.05, 0.1) is 0 Å². The minimum atomic E-state index is 0.0680. The maximum atomic E-state index is 12.2. The lowest BCUT2D eigenvalue weighted by atomic mass is 10.1. The van der Waals surface area contributed by atoms with Gasteiger partial charge in [-0.1, -0.05) is 11.8 Å². The number of nitrogens with zero attached hydrogens (tertiary/aromatic N) is 2. The van der Waals surface area contributed by atoms with E-state index in [1.54, 1.807) is 23.1 Å². The zero-order chi connectivity index (χ0) is 12.3. The Kier molecular flexibility index (Phi) is 4.76. The Balaban J connectivity index is 2.02. The Morgan fingerprint density at radius 2 is 2.24 bits per heavy atom. The highest BCUT2D eigenvalue weighted by Gasteiger charge is 2.24. The number of thiazole rings is 1. The topological polar surface area (TPSA) is 33.2 Å². The maximum Gasteiger partial charge on any atom is 0.273 e. The van der Waals surface area contributed by atoms with E-state index in [0.717, 1.165) is 28.7 Å². The third-order valence-electron chi connectivity index (χ3n) is 2.94. The Morgan fingerprint density at radius 3 is 2.82 bits per heavy atom. The zero-order valence-corrected chi connectivity index (χ0v) is 12.5. The van der Waals surface area contributed by atoms with E-state index >= 15 is 0 Å². The van der Waals surface area contributed by atoms with Gasteiger partial charge < -0.3 is 4.90 Å². The summed E-state index contributed by atoms with van der Waals surface area (Å²) in [5, 5.41) is 1.86. The van der Waals surface area contributed by atoms with Crippen molar-refractivity contribution in [3.05, 3.63) is 11.1 Å². The molecule has 0 bridgehead atoms. The molecule has 1 aromatic rings. The summed E-state index contributed by atoms with van der Waals surface area (Å²) in [6.07, 6.45) is 4.19. The van der Waals surface area contributed by atoms with Crippen LogP contribution in [0.2, 0.25) is 0 Å². The molecule has 1 aromatic heterocycles. The average molecular weight is 288 g/mol. The predicted molar refractivity (Wildman–Crippen MR) is 76.3 cm³/mol. The molecule has 1 amide bonds. The normalized spacial score (nSPS) is 17.1. The minimum absolute atomic E-state index is 0.0680. The number of hydrogen-bond donors (Lipinski definition) is 0. The first-order valence-electron chi connectivity index (χ1n) is 5.57. The van der Waals surface area contributed by atoms with Crippen molar-refractivity contribution in [3.8, 4) is 0 Å². The van der Waals surface area contributed by atoms with Crippen LogP contribution in [0.3, 0.4) is 0 Å². The van der Waals surface area contributed by atoms with Crippen LogP contribution < -0.4 is 0 Å². The summed E-state index contributed by atoms with van der Waals surface area (Å²) in [6.45, 7) is 0. The van der Waals surface area contributed by atoms with Crippen molar-refractivity contribution in [2.75, 3.05) is 24.8 Å². The zero-order valence-electron chi connectivity index (χ0n) is 10.0. The molecule has 1 aliphatic heterocycles. The van der Waals surface area contributed by atoms with Crippen molar-refractivity contribution in [3.63, 3.8) is 0 Å². The largest absolute Gasteiger partial charge is 0.337 e. The first-order chi connectivity index (χ1) is 8.22. The fourth-order valence-corrected chi connectivity index (χ4v) is 4.19. The van der Waals surface area contributed by atoms with E-state index in [4.69, 9.17) is 0 Å². The van der Waals surface area contributed by atoms with Gasteiger partial charge >= 0.3 is 0 Å². The lowest BCUT2D eigenvalue weighted by Gasteiger charge is -2.30. The summed E-state index contributed by atoms with van der Waals surface area (Å²) in [5.41, 5.74) is 0.597. The molecule has 6 heteroatoms. The standard InChI is InChI=1S/C11H16N2OS3/c1-13(8-3-5-16-6-4-8)10(14)9-7-17-11(12-9)15-2/h7-8H,3-6H2,1-2H3. The summed E-state index contributed by atoms with van der Waals surface area (Å²) in [4.78, 5) is 18.4. The van der Waals surface area contributed by atoms with Crippen molar-refractivity contribution in [1.82, 2.24) is 9.88 Å². The van der Waals surface area contributed by atoms with Crippen LogP contribution in [0.1, 0.15) is 23.3 Å². The van der Waals surface area contributed by atoms with Gasteiger partial charge in [0.1, 0.15) is 10.0 Å².